The van der Waals surface area contributed by atoms with Gasteiger partial charge >= 0.3 is 41.4 Å². The maximum atomic E-state index is 14.4. The first kappa shape index (κ1) is 35.5. The van der Waals surface area contributed by atoms with E-state index in [1.54, 1.807) is 13.8 Å². The molecule has 0 radical (unpaired) electrons. The minimum atomic E-state index is -4.88. The van der Waals surface area contributed by atoms with E-state index in [1.165, 1.54) is 19.9 Å². The van der Waals surface area contributed by atoms with Gasteiger partial charge in [-0.2, -0.15) is 26.3 Å². The summed E-state index contributed by atoms with van der Waals surface area (Å²) in [5.74, 6) is -2.25. The Labute approximate surface area is 274 Å². The molecule has 0 saturated carbocycles. The van der Waals surface area contributed by atoms with Crippen LogP contribution in [0.5, 0.6) is 0 Å². The number of allylic oxidation sites excluding steroid dienone is 4. The Balaban J connectivity index is 0.00000500. The molecule has 2 aliphatic rings. The molecule has 2 N–H and O–H groups in total. The first-order valence-corrected chi connectivity index (χ1v) is 14.0. The number of aryl methyl sites for hydroxylation is 3. The average Bonchev–Trinajstić information content (AvgIpc) is 3.59. The van der Waals surface area contributed by atoms with Crippen LogP contribution in [0.3, 0.4) is 0 Å². The van der Waals surface area contributed by atoms with Crippen molar-refractivity contribution in [1.82, 2.24) is 19.9 Å². The number of alkyl halides is 6. The third-order valence-corrected chi connectivity index (χ3v) is 8.12. The number of hydrogen-bond donors (Lipinski definition) is 2. The Morgan fingerprint density at radius 2 is 1.15 bits per heavy atom. The van der Waals surface area contributed by atoms with Crippen LogP contribution in [0.25, 0.3) is 44.4 Å². The van der Waals surface area contributed by atoms with Crippen molar-refractivity contribution in [2.45, 2.75) is 65.7 Å². The van der Waals surface area contributed by atoms with Gasteiger partial charge in [-0.15, -0.1) is 22.1 Å². The van der Waals surface area contributed by atoms with Crippen LogP contribution in [-0.2, 0) is 39.3 Å². The van der Waals surface area contributed by atoms with E-state index in [-0.39, 0.29) is 87.5 Å². The second kappa shape index (κ2) is 12.7. The third-order valence-electron chi connectivity index (χ3n) is 8.12. The molecule has 0 aromatic carbocycles. The second-order valence-corrected chi connectivity index (χ2v) is 11.1. The Bertz CT molecular complexity index is 2040. The summed E-state index contributed by atoms with van der Waals surface area (Å²) >= 11 is 0. The number of carbonyl (C=O) groups is 2. The maximum absolute atomic E-state index is 14.4. The van der Waals surface area contributed by atoms with Crippen molar-refractivity contribution in [3.8, 4) is 0 Å². The molecule has 3 aromatic heterocycles. The van der Waals surface area contributed by atoms with Crippen LogP contribution < -0.4 is 9.97 Å². The first-order chi connectivity index (χ1) is 21.4. The molecule has 0 fully saturated rings. The van der Waals surface area contributed by atoms with Crippen molar-refractivity contribution in [3.05, 3.63) is 69.3 Å². The summed E-state index contributed by atoms with van der Waals surface area (Å²) in [6.07, 6.45) is -10.5. The number of carboxylic acid groups (broad SMARTS) is 2. The largest absolute Gasteiger partial charge is 2.00 e. The fourth-order valence-electron chi connectivity index (χ4n) is 5.77. The predicted molar refractivity (Wildman–Crippen MR) is 157 cm³/mol. The third kappa shape index (κ3) is 6.86. The van der Waals surface area contributed by atoms with E-state index in [2.05, 4.69) is 19.9 Å². The van der Waals surface area contributed by atoms with Crippen molar-refractivity contribution < 1.29 is 63.2 Å². The van der Waals surface area contributed by atoms with Crippen molar-refractivity contribution in [2.24, 2.45) is 0 Å². The Morgan fingerprint density at radius 1 is 0.660 bits per heavy atom. The van der Waals surface area contributed by atoms with Gasteiger partial charge in [-0.25, -0.2) is 9.97 Å². The van der Waals surface area contributed by atoms with Crippen molar-refractivity contribution >= 4 is 56.3 Å². The van der Waals surface area contributed by atoms with E-state index < -0.39 is 46.6 Å². The number of aliphatic carboxylic acids is 2. The average molecular weight is 700 g/mol. The van der Waals surface area contributed by atoms with Gasteiger partial charge < -0.3 is 20.2 Å². The van der Waals surface area contributed by atoms with Crippen molar-refractivity contribution in [1.29, 1.82) is 0 Å². The molecule has 2 aliphatic heterocycles. The van der Waals surface area contributed by atoms with Gasteiger partial charge in [0.15, 0.2) is 0 Å². The summed E-state index contributed by atoms with van der Waals surface area (Å²) in [7, 11) is 0. The zero-order valence-corrected chi connectivity index (χ0v) is 26.4. The molecule has 5 heterocycles. The molecular weight excluding hydrogens is 674 g/mol. The number of aromatic nitrogens is 4. The molecule has 0 atom stereocenters. The predicted octanol–water partition coefficient (Wildman–Crippen LogP) is 7.51. The minimum absolute atomic E-state index is 0. The molecule has 8 nitrogen and oxygen atoms in total. The standard InChI is InChI=1S/C32H28F6N4O4.Fe/c1-13-17(5-7-27(43)44)23-12-24-18(6-8-28(45)46)14(2)20(40-24)11-26-30(32(36,37)38)16(4)22(42-26)9-21-15(3)29(31(33,34)35)25(41-21)10-19(13)39-23;/h9-12H,5-8H2,1-4H3,(H4,39,40,41,42,43,44,45,46);/q;+2/p-2. The van der Waals surface area contributed by atoms with Gasteiger partial charge in [0.05, 0.1) is 28.3 Å². The fourth-order valence-corrected chi connectivity index (χ4v) is 5.77. The van der Waals surface area contributed by atoms with Crippen LogP contribution in [0.15, 0.2) is 24.3 Å². The molecule has 47 heavy (non-hydrogen) atoms. The summed E-state index contributed by atoms with van der Waals surface area (Å²) in [5, 5.41) is 18.7. The number of fused-ring (bicyclic) bond motifs is 8. The van der Waals surface area contributed by atoms with Crippen LogP contribution in [0, 0.1) is 13.8 Å². The van der Waals surface area contributed by atoms with Crippen LogP contribution in [0.1, 0.15) is 78.1 Å². The summed E-state index contributed by atoms with van der Waals surface area (Å²) in [6, 6.07) is 4.75. The smallest absolute Gasteiger partial charge is 0.657 e. The van der Waals surface area contributed by atoms with Gasteiger partial charge in [0, 0.05) is 18.4 Å². The number of carboxylic acids is 2. The van der Waals surface area contributed by atoms with E-state index in [0.29, 0.717) is 22.3 Å². The van der Waals surface area contributed by atoms with Gasteiger partial charge in [0.25, 0.3) is 0 Å². The zero-order valence-electron chi connectivity index (χ0n) is 25.3. The van der Waals surface area contributed by atoms with Crippen molar-refractivity contribution in [3.63, 3.8) is 0 Å². The number of rotatable bonds is 6. The number of halogens is 6. The van der Waals surface area contributed by atoms with Gasteiger partial charge in [0.1, 0.15) is 0 Å². The van der Waals surface area contributed by atoms with Gasteiger partial charge in [-0.05, 0) is 57.3 Å². The quantitative estimate of drug-likeness (QED) is 0.200. The summed E-state index contributed by atoms with van der Waals surface area (Å²) in [4.78, 5) is 40.3. The van der Waals surface area contributed by atoms with E-state index in [0.717, 1.165) is 18.2 Å². The van der Waals surface area contributed by atoms with Crippen molar-refractivity contribution in [2.75, 3.05) is 0 Å². The van der Waals surface area contributed by atoms with Crippen LogP contribution in [0.2, 0.25) is 0 Å². The molecule has 0 aliphatic carbocycles. The summed E-state index contributed by atoms with van der Waals surface area (Å²) < 4.78 is 86.1. The van der Waals surface area contributed by atoms with Crippen LogP contribution in [0.4, 0.5) is 26.3 Å². The molecule has 0 saturated heterocycles. The molecule has 0 amide bonds. The Kier molecular flexibility index (Phi) is 9.58. The molecule has 15 heteroatoms. The van der Waals surface area contributed by atoms with E-state index in [9.17, 15) is 46.1 Å². The number of hydrogen-bond acceptors (Lipinski definition) is 4. The minimum Gasteiger partial charge on any atom is -0.657 e. The number of nitrogens with zero attached hydrogens (tertiary/aromatic N) is 4. The molecule has 8 bridgehead atoms. The molecule has 5 rings (SSSR count). The molecule has 3 aromatic rings. The molecule has 248 valence electrons. The second-order valence-electron chi connectivity index (χ2n) is 11.1. The zero-order chi connectivity index (χ0) is 33.9. The fraction of sp³-hybridized carbons (Fsp3) is 0.312. The van der Waals surface area contributed by atoms with Gasteiger partial charge in [-0.3, -0.25) is 9.59 Å². The van der Waals surface area contributed by atoms with E-state index in [1.807, 2.05) is 0 Å². The SMILES string of the molecule is CC1=C(CCC(=O)O)c2cc3[n-]c(cc4nc(cc5[n-]c(cc1n2)c(C(F)(F)F)c5C)C(C)=C4C(F)(F)F)c(C)c3CCC(=O)O.[Fe+2]. The first-order valence-electron chi connectivity index (χ1n) is 14.0. The normalized spacial score (nSPS) is 13.7. The Morgan fingerprint density at radius 3 is 1.74 bits per heavy atom. The summed E-state index contributed by atoms with van der Waals surface area (Å²) in [5.41, 5.74) is -2.13. The molecule has 0 unspecified atom stereocenters. The monoisotopic (exact) mass is 700 g/mol. The Hall–Kier alpha value is -4.36. The van der Waals surface area contributed by atoms with Crippen LogP contribution in [-0.4, -0.2) is 38.3 Å². The van der Waals surface area contributed by atoms with Gasteiger partial charge in [0.2, 0.25) is 0 Å². The van der Waals surface area contributed by atoms with Gasteiger partial charge in [-0.1, -0.05) is 41.0 Å². The molecular formula is C32H26F6FeN4O4. The van der Waals surface area contributed by atoms with Crippen LogP contribution >= 0.6 is 0 Å². The molecule has 0 spiro atoms. The van der Waals surface area contributed by atoms with E-state index in [4.69, 9.17) is 0 Å². The maximum Gasteiger partial charge on any atom is 2.00 e. The topological polar surface area (TPSA) is 129 Å². The summed E-state index contributed by atoms with van der Waals surface area (Å²) in [6.45, 7) is 5.51. The van der Waals surface area contributed by atoms with E-state index >= 15 is 0 Å².